The fourth-order valence-corrected chi connectivity index (χ4v) is 2.79. The van der Waals surface area contributed by atoms with E-state index in [-0.39, 0.29) is 0 Å². The minimum atomic E-state index is 0.864. The second-order valence-corrected chi connectivity index (χ2v) is 5.31. The van der Waals surface area contributed by atoms with E-state index in [4.69, 9.17) is 0 Å². The van der Waals surface area contributed by atoms with Crippen LogP contribution >= 0.6 is 0 Å². The van der Waals surface area contributed by atoms with Gasteiger partial charge in [0.2, 0.25) is 0 Å². The molecule has 0 radical (unpaired) electrons. The van der Waals surface area contributed by atoms with E-state index >= 15 is 0 Å². The Kier molecular flexibility index (Phi) is 5.42. The van der Waals surface area contributed by atoms with Gasteiger partial charge < -0.3 is 0 Å². The molecule has 0 N–H and O–H groups in total. The van der Waals surface area contributed by atoms with Crippen LogP contribution < -0.4 is 0 Å². The molecule has 0 aromatic carbocycles. The van der Waals surface area contributed by atoms with Crippen molar-refractivity contribution in [3.63, 3.8) is 0 Å². The molecule has 15 heavy (non-hydrogen) atoms. The average Bonchev–Trinajstić information content (AvgIpc) is 2.50. The first-order valence-corrected chi connectivity index (χ1v) is 6.91. The lowest BCUT2D eigenvalue weighted by atomic mass is 9.92. The Morgan fingerprint density at radius 1 is 1.00 bits per heavy atom. The number of allylic oxidation sites excluding steroid dienone is 2. The molecule has 0 nitrogen and oxygen atoms in total. The van der Waals surface area contributed by atoms with Crippen LogP contribution in [0.4, 0.5) is 0 Å². The molecule has 0 saturated heterocycles. The molecule has 0 fully saturated rings. The molecule has 1 aliphatic rings. The number of hydrogen-bond donors (Lipinski definition) is 0. The minimum Gasteiger partial charge on any atom is -0.0704 e. The molecular formula is C15H28. The highest BCUT2D eigenvalue weighted by Gasteiger charge is 2.26. The molecule has 0 unspecified atom stereocenters. The van der Waals surface area contributed by atoms with Crippen molar-refractivity contribution < 1.29 is 0 Å². The largest absolute Gasteiger partial charge is 0.0704 e. The van der Waals surface area contributed by atoms with Crippen LogP contribution in [-0.4, -0.2) is 0 Å². The summed E-state index contributed by atoms with van der Waals surface area (Å²) < 4.78 is 0. The summed E-state index contributed by atoms with van der Waals surface area (Å²) in [7, 11) is 0. The molecular weight excluding hydrogens is 180 g/mol. The van der Waals surface area contributed by atoms with Crippen molar-refractivity contribution in [2.45, 2.75) is 72.6 Å². The van der Waals surface area contributed by atoms with Crippen LogP contribution in [0.5, 0.6) is 0 Å². The smallest absolute Gasteiger partial charge is 0.0200 e. The lowest BCUT2D eigenvalue weighted by molar-refractivity contribution is 0.466. The second kappa shape index (κ2) is 6.35. The summed E-state index contributed by atoms with van der Waals surface area (Å²) in [6, 6.07) is 0. The van der Waals surface area contributed by atoms with Gasteiger partial charge in [0.05, 0.1) is 0 Å². The number of hydrogen-bond acceptors (Lipinski definition) is 0. The summed E-state index contributed by atoms with van der Waals surface area (Å²) >= 11 is 0. The summed E-state index contributed by atoms with van der Waals surface area (Å²) in [5, 5.41) is 0. The summed E-state index contributed by atoms with van der Waals surface area (Å²) in [6.45, 7) is 9.47. The Labute approximate surface area is 96.2 Å². The van der Waals surface area contributed by atoms with Gasteiger partial charge in [0.1, 0.15) is 0 Å². The van der Waals surface area contributed by atoms with Gasteiger partial charge in [-0.15, -0.1) is 0 Å². The van der Waals surface area contributed by atoms with Crippen molar-refractivity contribution in [3.8, 4) is 0 Å². The topological polar surface area (TPSA) is 0 Å². The Hall–Kier alpha value is -0.260. The average molecular weight is 208 g/mol. The second-order valence-electron chi connectivity index (χ2n) is 5.31. The van der Waals surface area contributed by atoms with Crippen molar-refractivity contribution in [2.24, 2.45) is 11.8 Å². The molecule has 2 atom stereocenters. The van der Waals surface area contributed by atoms with E-state index in [1.807, 2.05) is 11.1 Å². The van der Waals surface area contributed by atoms with Gasteiger partial charge >= 0.3 is 0 Å². The Bertz CT molecular complexity index is 212. The minimum absolute atomic E-state index is 0.864. The van der Waals surface area contributed by atoms with E-state index in [1.165, 1.54) is 44.9 Å². The molecule has 0 saturated carbocycles. The molecule has 0 aromatic heterocycles. The fourth-order valence-electron chi connectivity index (χ4n) is 2.79. The highest BCUT2D eigenvalue weighted by Crippen LogP contribution is 2.41. The van der Waals surface area contributed by atoms with Gasteiger partial charge in [-0.05, 0) is 43.9 Å². The predicted octanol–water partition coefficient (Wildman–Crippen LogP) is 5.34. The molecule has 0 heterocycles. The molecule has 1 rings (SSSR count). The van der Waals surface area contributed by atoms with Crippen LogP contribution in [0.3, 0.4) is 0 Å². The third-order valence-corrected chi connectivity index (χ3v) is 4.06. The van der Waals surface area contributed by atoms with Crippen LogP contribution in [0.2, 0.25) is 0 Å². The summed E-state index contributed by atoms with van der Waals surface area (Å²) in [5.74, 6) is 1.77. The Morgan fingerprint density at radius 2 is 1.60 bits per heavy atom. The molecule has 0 aromatic rings. The van der Waals surface area contributed by atoms with Crippen molar-refractivity contribution in [2.75, 3.05) is 0 Å². The van der Waals surface area contributed by atoms with E-state index in [1.54, 1.807) is 0 Å². The van der Waals surface area contributed by atoms with E-state index in [0.717, 1.165) is 11.8 Å². The van der Waals surface area contributed by atoms with Crippen LogP contribution in [-0.2, 0) is 0 Å². The number of unbranched alkanes of at least 4 members (excludes halogenated alkanes) is 2. The standard InChI is InChI=1S/C15H28/c1-5-7-9-14-11-12(3)13(4)15(14)10-8-6-2/h12-13H,5-11H2,1-4H3/t12-,13+/m1/s1. The fraction of sp³-hybridized carbons (Fsp3) is 0.867. The third-order valence-electron chi connectivity index (χ3n) is 4.06. The number of rotatable bonds is 6. The first-order chi connectivity index (χ1) is 7.20. The SMILES string of the molecule is CCCCC1=C(CCCC)[C@@H](C)[C@H](C)C1. The first-order valence-electron chi connectivity index (χ1n) is 6.91. The van der Waals surface area contributed by atoms with Crippen molar-refractivity contribution in [3.05, 3.63) is 11.1 Å². The molecule has 0 bridgehead atoms. The zero-order valence-corrected chi connectivity index (χ0v) is 11.1. The zero-order valence-electron chi connectivity index (χ0n) is 11.1. The van der Waals surface area contributed by atoms with E-state index < -0.39 is 0 Å². The van der Waals surface area contributed by atoms with Gasteiger partial charge in [0.15, 0.2) is 0 Å². The van der Waals surface area contributed by atoms with Crippen LogP contribution in [0.25, 0.3) is 0 Å². The normalized spacial score (nSPS) is 26.4. The van der Waals surface area contributed by atoms with E-state index in [0.29, 0.717) is 0 Å². The monoisotopic (exact) mass is 208 g/mol. The summed E-state index contributed by atoms with van der Waals surface area (Å²) in [5.41, 5.74) is 3.66. The maximum Gasteiger partial charge on any atom is -0.0200 e. The molecule has 0 heteroatoms. The Balaban J connectivity index is 2.60. The van der Waals surface area contributed by atoms with Crippen molar-refractivity contribution >= 4 is 0 Å². The lowest BCUT2D eigenvalue weighted by Crippen LogP contribution is -2.02. The van der Waals surface area contributed by atoms with Gasteiger partial charge in [-0.1, -0.05) is 51.7 Å². The summed E-state index contributed by atoms with van der Waals surface area (Å²) in [4.78, 5) is 0. The zero-order chi connectivity index (χ0) is 11.3. The highest BCUT2D eigenvalue weighted by molar-refractivity contribution is 5.24. The van der Waals surface area contributed by atoms with Crippen molar-refractivity contribution in [1.29, 1.82) is 0 Å². The maximum absolute atomic E-state index is 2.44. The predicted molar refractivity (Wildman–Crippen MR) is 69.0 cm³/mol. The molecule has 88 valence electrons. The first kappa shape index (κ1) is 12.8. The molecule has 0 spiro atoms. The third kappa shape index (κ3) is 3.36. The molecule has 1 aliphatic carbocycles. The quantitative estimate of drug-likeness (QED) is 0.517. The Morgan fingerprint density at radius 3 is 2.20 bits per heavy atom. The van der Waals surface area contributed by atoms with Crippen molar-refractivity contribution in [1.82, 2.24) is 0 Å². The highest BCUT2D eigenvalue weighted by atomic mass is 14.3. The molecule has 0 aliphatic heterocycles. The van der Waals surface area contributed by atoms with E-state index in [2.05, 4.69) is 27.7 Å². The van der Waals surface area contributed by atoms with E-state index in [9.17, 15) is 0 Å². The summed E-state index contributed by atoms with van der Waals surface area (Å²) in [6.07, 6.45) is 9.61. The van der Waals surface area contributed by atoms with Gasteiger partial charge in [-0.3, -0.25) is 0 Å². The van der Waals surface area contributed by atoms with Gasteiger partial charge in [-0.25, -0.2) is 0 Å². The van der Waals surface area contributed by atoms with Crippen LogP contribution in [0, 0.1) is 11.8 Å². The van der Waals surface area contributed by atoms with Gasteiger partial charge in [-0.2, -0.15) is 0 Å². The van der Waals surface area contributed by atoms with Gasteiger partial charge in [0, 0.05) is 0 Å². The van der Waals surface area contributed by atoms with Gasteiger partial charge in [0.25, 0.3) is 0 Å². The van der Waals surface area contributed by atoms with Crippen LogP contribution in [0.1, 0.15) is 72.6 Å². The van der Waals surface area contributed by atoms with Crippen LogP contribution in [0.15, 0.2) is 11.1 Å². The lowest BCUT2D eigenvalue weighted by Gasteiger charge is -2.14. The molecule has 0 amide bonds. The maximum atomic E-state index is 2.44.